The third-order valence-electron chi connectivity index (χ3n) is 2.45. The molecule has 2 rings (SSSR count). The van der Waals surface area contributed by atoms with Gasteiger partial charge in [-0.15, -0.1) is 0 Å². The summed E-state index contributed by atoms with van der Waals surface area (Å²) < 4.78 is 0. The van der Waals surface area contributed by atoms with Gasteiger partial charge in [0.25, 0.3) is 0 Å². The van der Waals surface area contributed by atoms with E-state index in [-0.39, 0.29) is 0 Å². The molecule has 70 valence electrons. The van der Waals surface area contributed by atoms with Crippen molar-refractivity contribution in [3.8, 4) is 5.88 Å². The first-order valence-electron chi connectivity index (χ1n) is 4.61. The number of aromatic nitrogens is 2. The van der Waals surface area contributed by atoms with Crippen molar-refractivity contribution in [2.75, 3.05) is 0 Å². The Bertz CT molecular complexity index is 301. The molecule has 0 fully saturated rings. The molecule has 2 N–H and O–H groups in total. The van der Waals surface area contributed by atoms with Crippen LogP contribution >= 0.6 is 0 Å². The Morgan fingerprint density at radius 3 is 2.85 bits per heavy atom. The molecule has 0 saturated carbocycles. The second-order valence-corrected chi connectivity index (χ2v) is 3.28. The third-order valence-corrected chi connectivity index (χ3v) is 2.45. The number of hydrogen-bond donors (Lipinski definition) is 1. The van der Waals surface area contributed by atoms with Crippen LogP contribution in [-0.2, 0) is 12.8 Å². The molecule has 13 heavy (non-hydrogen) atoms. The fourth-order valence-electron chi connectivity index (χ4n) is 1.77. The Balaban J connectivity index is 2.40. The molecule has 0 radical (unpaired) electrons. The molecule has 0 amide bonds. The summed E-state index contributed by atoms with van der Waals surface area (Å²) in [4.78, 5) is 13.0. The predicted molar refractivity (Wildman–Crippen MR) is 48.1 cm³/mol. The van der Waals surface area contributed by atoms with Gasteiger partial charge in [-0.3, -0.25) is 0 Å². The zero-order chi connectivity index (χ0) is 9.10. The number of nitrogens with two attached hydrogens (primary N) is 1. The normalized spacial score (nSPS) is 16.1. The molecule has 4 nitrogen and oxygen atoms in total. The van der Waals surface area contributed by atoms with Crippen molar-refractivity contribution in [1.82, 2.24) is 9.97 Å². The topological polar surface area (TPSA) is 61.0 Å². The zero-order valence-electron chi connectivity index (χ0n) is 7.49. The summed E-state index contributed by atoms with van der Waals surface area (Å²) in [6.07, 6.45) is 7.16. The van der Waals surface area contributed by atoms with E-state index in [9.17, 15) is 0 Å². The van der Waals surface area contributed by atoms with Gasteiger partial charge in [0, 0.05) is 5.56 Å². The smallest absolute Gasteiger partial charge is 0.243 e. The van der Waals surface area contributed by atoms with Gasteiger partial charge < -0.3 is 4.84 Å². The minimum Gasteiger partial charge on any atom is -0.391 e. The van der Waals surface area contributed by atoms with E-state index in [4.69, 9.17) is 10.7 Å². The van der Waals surface area contributed by atoms with Gasteiger partial charge in [0.05, 0.1) is 5.69 Å². The van der Waals surface area contributed by atoms with Crippen LogP contribution in [0.1, 0.15) is 30.5 Å². The van der Waals surface area contributed by atoms with E-state index in [2.05, 4.69) is 9.97 Å². The van der Waals surface area contributed by atoms with Crippen LogP contribution in [0.25, 0.3) is 0 Å². The first-order chi connectivity index (χ1) is 6.42. The largest absolute Gasteiger partial charge is 0.391 e. The molecule has 0 unspecified atom stereocenters. The minimum atomic E-state index is 0.548. The minimum absolute atomic E-state index is 0.548. The number of hydrogen-bond acceptors (Lipinski definition) is 4. The van der Waals surface area contributed by atoms with Gasteiger partial charge in [0.2, 0.25) is 5.88 Å². The number of rotatable bonds is 1. The Morgan fingerprint density at radius 1 is 1.15 bits per heavy atom. The van der Waals surface area contributed by atoms with Gasteiger partial charge in [-0.1, -0.05) is 6.42 Å². The highest BCUT2D eigenvalue weighted by Gasteiger charge is 2.14. The van der Waals surface area contributed by atoms with Crippen LogP contribution in [0, 0.1) is 0 Å². The van der Waals surface area contributed by atoms with E-state index < -0.39 is 0 Å². The number of fused-ring (bicyclic) bond motifs is 1. The molecule has 1 aliphatic carbocycles. The molecule has 1 aromatic rings. The lowest BCUT2D eigenvalue weighted by molar-refractivity contribution is 0.315. The fraction of sp³-hybridized carbons (Fsp3) is 0.556. The van der Waals surface area contributed by atoms with E-state index in [0.29, 0.717) is 5.88 Å². The second kappa shape index (κ2) is 3.70. The Hall–Kier alpha value is -1.16. The van der Waals surface area contributed by atoms with Crippen molar-refractivity contribution in [3.05, 3.63) is 17.6 Å². The lowest BCUT2D eigenvalue weighted by atomic mass is 10.1. The van der Waals surface area contributed by atoms with Crippen molar-refractivity contribution in [3.63, 3.8) is 0 Å². The quantitative estimate of drug-likeness (QED) is 0.516. The van der Waals surface area contributed by atoms with E-state index in [1.54, 1.807) is 0 Å². The van der Waals surface area contributed by atoms with Crippen molar-refractivity contribution in [2.45, 2.75) is 32.1 Å². The van der Waals surface area contributed by atoms with Gasteiger partial charge in [-0.25, -0.2) is 4.98 Å². The molecular weight excluding hydrogens is 166 g/mol. The third kappa shape index (κ3) is 1.62. The SMILES string of the molecule is NOc1ncnc2c1CCCCC2. The monoisotopic (exact) mass is 179 g/mol. The molecule has 0 bridgehead atoms. The Morgan fingerprint density at radius 2 is 2.00 bits per heavy atom. The van der Waals surface area contributed by atoms with Crippen LogP contribution in [0.4, 0.5) is 0 Å². The van der Waals surface area contributed by atoms with E-state index >= 15 is 0 Å². The molecule has 1 aliphatic rings. The molecule has 0 atom stereocenters. The maximum absolute atomic E-state index is 5.13. The van der Waals surface area contributed by atoms with Crippen LogP contribution < -0.4 is 10.7 Å². The van der Waals surface area contributed by atoms with Crippen LogP contribution in [0.2, 0.25) is 0 Å². The van der Waals surface area contributed by atoms with Crippen molar-refractivity contribution in [2.24, 2.45) is 5.90 Å². The molecule has 0 spiro atoms. The summed E-state index contributed by atoms with van der Waals surface area (Å²) in [5.74, 6) is 5.68. The standard InChI is InChI=1S/C9H13N3O/c10-13-9-7-4-2-1-3-5-8(7)11-6-12-9/h6H,1-5,10H2. The Kier molecular flexibility index (Phi) is 2.40. The van der Waals surface area contributed by atoms with Gasteiger partial charge in [0.1, 0.15) is 6.33 Å². The van der Waals surface area contributed by atoms with E-state index in [0.717, 1.165) is 24.1 Å². The molecule has 1 heterocycles. The molecular formula is C9H13N3O. The summed E-state index contributed by atoms with van der Waals surface area (Å²) in [6.45, 7) is 0. The molecule has 0 aromatic carbocycles. The first-order valence-corrected chi connectivity index (χ1v) is 4.61. The fourth-order valence-corrected chi connectivity index (χ4v) is 1.77. The molecule has 0 aliphatic heterocycles. The summed E-state index contributed by atoms with van der Waals surface area (Å²) >= 11 is 0. The van der Waals surface area contributed by atoms with Gasteiger partial charge in [-0.2, -0.15) is 10.9 Å². The van der Waals surface area contributed by atoms with E-state index in [1.807, 2.05) is 0 Å². The average Bonchev–Trinajstić information content (AvgIpc) is 2.41. The number of nitrogens with zero attached hydrogens (tertiary/aromatic N) is 2. The first kappa shape index (κ1) is 8.44. The predicted octanol–water partition coefficient (Wildman–Crippen LogP) is 0.998. The highest BCUT2D eigenvalue weighted by atomic mass is 16.6. The van der Waals surface area contributed by atoms with Crippen LogP contribution in [-0.4, -0.2) is 9.97 Å². The second-order valence-electron chi connectivity index (χ2n) is 3.28. The summed E-state index contributed by atoms with van der Waals surface area (Å²) in [5, 5.41) is 0. The van der Waals surface area contributed by atoms with E-state index in [1.165, 1.54) is 25.6 Å². The van der Waals surface area contributed by atoms with Gasteiger partial charge >= 0.3 is 0 Å². The van der Waals surface area contributed by atoms with Gasteiger partial charge in [0.15, 0.2) is 0 Å². The lowest BCUT2D eigenvalue weighted by Gasteiger charge is -2.06. The maximum atomic E-state index is 5.13. The molecule has 4 heteroatoms. The highest BCUT2D eigenvalue weighted by molar-refractivity contribution is 5.30. The van der Waals surface area contributed by atoms with Crippen molar-refractivity contribution < 1.29 is 4.84 Å². The van der Waals surface area contributed by atoms with Crippen LogP contribution in [0.15, 0.2) is 6.33 Å². The van der Waals surface area contributed by atoms with Crippen LogP contribution in [0.5, 0.6) is 5.88 Å². The van der Waals surface area contributed by atoms with Crippen molar-refractivity contribution >= 4 is 0 Å². The maximum Gasteiger partial charge on any atom is 0.243 e. The highest BCUT2D eigenvalue weighted by Crippen LogP contribution is 2.24. The van der Waals surface area contributed by atoms with Crippen LogP contribution in [0.3, 0.4) is 0 Å². The van der Waals surface area contributed by atoms with Crippen molar-refractivity contribution in [1.29, 1.82) is 0 Å². The van der Waals surface area contributed by atoms with Gasteiger partial charge in [-0.05, 0) is 25.7 Å². The lowest BCUT2D eigenvalue weighted by Crippen LogP contribution is -2.09. The molecule has 1 aromatic heterocycles. The summed E-state index contributed by atoms with van der Waals surface area (Å²) in [5.41, 5.74) is 2.20. The zero-order valence-corrected chi connectivity index (χ0v) is 7.49. The Labute approximate surface area is 77.1 Å². The average molecular weight is 179 g/mol. The summed E-state index contributed by atoms with van der Waals surface area (Å²) in [6, 6.07) is 0. The number of aryl methyl sites for hydroxylation is 1. The summed E-state index contributed by atoms with van der Waals surface area (Å²) in [7, 11) is 0. The molecule has 0 saturated heterocycles.